The summed E-state index contributed by atoms with van der Waals surface area (Å²) >= 11 is 0. The Morgan fingerprint density at radius 1 is 1.29 bits per heavy atom. The molecule has 0 saturated carbocycles. The number of nitrogens with two attached hydrogens (primary N) is 1. The van der Waals surface area contributed by atoms with E-state index in [9.17, 15) is 13.2 Å². The van der Waals surface area contributed by atoms with Crippen molar-refractivity contribution in [1.82, 2.24) is 4.90 Å². The van der Waals surface area contributed by atoms with Gasteiger partial charge in [0.05, 0.1) is 6.04 Å². The van der Waals surface area contributed by atoms with Crippen LogP contribution in [-0.2, 0) is 10.0 Å². The van der Waals surface area contributed by atoms with Gasteiger partial charge in [0.25, 0.3) is 5.91 Å². The number of benzene rings is 1. The molecule has 1 aliphatic heterocycles. The van der Waals surface area contributed by atoms with E-state index in [1.165, 1.54) is 13.0 Å². The fourth-order valence-corrected chi connectivity index (χ4v) is 3.94. The lowest BCUT2D eigenvalue weighted by molar-refractivity contribution is 0.0702. The van der Waals surface area contributed by atoms with E-state index in [4.69, 9.17) is 9.56 Å². The smallest absolute Gasteiger partial charge is 0.290 e. The van der Waals surface area contributed by atoms with Crippen LogP contribution in [-0.4, -0.2) is 25.8 Å². The zero-order valence-corrected chi connectivity index (χ0v) is 14.5. The number of likely N-dealkylation sites (tertiary alicyclic amines) is 1. The third-order valence-corrected chi connectivity index (χ3v) is 5.35. The van der Waals surface area contributed by atoms with Gasteiger partial charge in [-0.25, -0.2) is 13.6 Å². The topological polar surface area (TPSA) is 93.6 Å². The number of amides is 1. The van der Waals surface area contributed by atoms with Crippen LogP contribution in [0.2, 0.25) is 0 Å². The fraction of sp³-hybridized carbons (Fsp3) is 0.353. The van der Waals surface area contributed by atoms with Crippen LogP contribution in [0.15, 0.2) is 39.6 Å². The maximum absolute atomic E-state index is 12.8. The molecular formula is C17H20N2O4S. The minimum Gasteiger partial charge on any atom is -0.455 e. The molecule has 3 rings (SSSR count). The average Bonchev–Trinajstić information content (AvgIpc) is 3.12. The van der Waals surface area contributed by atoms with Gasteiger partial charge in [-0.05, 0) is 32.3 Å². The number of aryl methyl sites for hydroxylation is 2. The number of carbonyl (C=O) groups excluding carboxylic acids is 1. The molecule has 1 atom stereocenters. The number of carbonyl (C=O) groups is 1. The molecule has 2 heterocycles. The molecule has 6 nitrogen and oxygen atoms in total. The van der Waals surface area contributed by atoms with Crippen molar-refractivity contribution >= 4 is 15.9 Å². The molecule has 0 aliphatic carbocycles. The van der Waals surface area contributed by atoms with Gasteiger partial charge in [0, 0.05) is 12.6 Å². The summed E-state index contributed by atoms with van der Waals surface area (Å²) < 4.78 is 28.4. The molecule has 2 aromatic rings. The van der Waals surface area contributed by atoms with Crippen LogP contribution in [0.1, 0.15) is 46.3 Å². The van der Waals surface area contributed by atoms with Crippen molar-refractivity contribution in [2.45, 2.75) is 37.6 Å². The van der Waals surface area contributed by atoms with Crippen LogP contribution < -0.4 is 5.14 Å². The van der Waals surface area contributed by atoms with Crippen LogP contribution in [0.3, 0.4) is 0 Å². The maximum atomic E-state index is 12.8. The van der Waals surface area contributed by atoms with E-state index < -0.39 is 10.0 Å². The maximum Gasteiger partial charge on any atom is 0.290 e. The van der Waals surface area contributed by atoms with Gasteiger partial charge in [-0.3, -0.25) is 4.79 Å². The van der Waals surface area contributed by atoms with Gasteiger partial charge in [0.15, 0.2) is 5.76 Å². The van der Waals surface area contributed by atoms with E-state index in [1.807, 2.05) is 25.1 Å². The lowest BCUT2D eigenvalue weighted by atomic mass is 10.0. The SMILES string of the molecule is Cc1cccc(C2CCCN2C(=O)c2cc(S(N)(=O)=O)c(C)o2)c1. The highest BCUT2D eigenvalue weighted by Gasteiger charge is 2.33. The standard InChI is InChI=1S/C17H20N2O4S/c1-11-5-3-6-13(9-11)14-7-4-8-19(14)17(20)15-10-16(12(2)23-15)24(18,21)22/h3,5-6,9-10,14H,4,7-8H2,1-2H3,(H2,18,21,22). The number of nitrogens with zero attached hydrogens (tertiary/aromatic N) is 1. The van der Waals surface area contributed by atoms with Gasteiger partial charge in [0.1, 0.15) is 10.7 Å². The molecule has 7 heteroatoms. The highest BCUT2D eigenvalue weighted by atomic mass is 32.2. The first kappa shape index (κ1) is 16.7. The van der Waals surface area contributed by atoms with Crippen LogP contribution in [0.4, 0.5) is 0 Å². The number of primary sulfonamides is 1. The summed E-state index contributed by atoms with van der Waals surface area (Å²) in [6, 6.07) is 9.26. The zero-order valence-electron chi connectivity index (χ0n) is 13.7. The van der Waals surface area contributed by atoms with E-state index >= 15 is 0 Å². The molecule has 128 valence electrons. The van der Waals surface area contributed by atoms with Crippen molar-refractivity contribution in [2.75, 3.05) is 6.54 Å². The lowest BCUT2D eigenvalue weighted by Gasteiger charge is -2.24. The molecule has 2 N–H and O–H groups in total. The normalized spacial score (nSPS) is 18.1. The predicted octanol–water partition coefficient (Wildman–Crippen LogP) is 2.52. The fourth-order valence-electron chi connectivity index (χ4n) is 3.23. The van der Waals surface area contributed by atoms with Crippen molar-refractivity contribution in [3.8, 4) is 0 Å². The van der Waals surface area contributed by atoms with Crippen LogP contribution in [0.25, 0.3) is 0 Å². The number of rotatable bonds is 3. The number of furan rings is 1. The number of hydrogen-bond donors (Lipinski definition) is 1. The first-order valence-electron chi connectivity index (χ1n) is 7.78. The molecular weight excluding hydrogens is 328 g/mol. The molecule has 0 bridgehead atoms. The number of hydrogen-bond acceptors (Lipinski definition) is 4. The van der Waals surface area contributed by atoms with Crippen molar-refractivity contribution in [3.63, 3.8) is 0 Å². The first-order valence-corrected chi connectivity index (χ1v) is 9.33. The van der Waals surface area contributed by atoms with E-state index in [0.29, 0.717) is 6.54 Å². The Morgan fingerprint density at radius 2 is 2.04 bits per heavy atom. The molecule has 1 aliphatic rings. The Morgan fingerprint density at radius 3 is 2.67 bits per heavy atom. The van der Waals surface area contributed by atoms with Crippen molar-refractivity contribution in [2.24, 2.45) is 5.14 Å². The predicted molar refractivity (Wildman–Crippen MR) is 89.0 cm³/mol. The van der Waals surface area contributed by atoms with Crippen molar-refractivity contribution in [1.29, 1.82) is 0 Å². The van der Waals surface area contributed by atoms with Gasteiger partial charge >= 0.3 is 0 Å². The minimum absolute atomic E-state index is 0.0103. The molecule has 1 aromatic carbocycles. The largest absolute Gasteiger partial charge is 0.455 e. The van der Waals surface area contributed by atoms with Gasteiger partial charge in [0.2, 0.25) is 10.0 Å². The minimum atomic E-state index is -3.91. The molecule has 0 radical (unpaired) electrons. The third-order valence-electron chi connectivity index (χ3n) is 4.33. The van der Waals surface area contributed by atoms with Crippen LogP contribution >= 0.6 is 0 Å². The molecule has 1 unspecified atom stereocenters. The molecule has 1 saturated heterocycles. The Labute approximate surface area is 141 Å². The molecule has 1 aromatic heterocycles. The second-order valence-corrected chi connectivity index (χ2v) is 7.68. The van der Waals surface area contributed by atoms with E-state index in [-0.39, 0.29) is 28.4 Å². The lowest BCUT2D eigenvalue weighted by Crippen LogP contribution is -2.30. The summed E-state index contributed by atoms with van der Waals surface area (Å²) in [6.45, 7) is 4.11. The van der Waals surface area contributed by atoms with E-state index in [2.05, 4.69) is 6.07 Å². The van der Waals surface area contributed by atoms with Crippen molar-refractivity contribution in [3.05, 3.63) is 53.0 Å². The Bertz CT molecular complexity index is 886. The summed E-state index contributed by atoms with van der Waals surface area (Å²) in [4.78, 5) is 14.4. The van der Waals surface area contributed by atoms with Crippen LogP contribution in [0, 0.1) is 13.8 Å². The quantitative estimate of drug-likeness (QED) is 0.922. The second kappa shape index (κ2) is 6.07. The summed E-state index contributed by atoms with van der Waals surface area (Å²) in [5.41, 5.74) is 2.22. The Hall–Kier alpha value is -2.12. The number of sulfonamides is 1. The third kappa shape index (κ3) is 3.09. The van der Waals surface area contributed by atoms with E-state index in [1.54, 1.807) is 4.90 Å². The zero-order chi connectivity index (χ0) is 17.5. The summed E-state index contributed by atoms with van der Waals surface area (Å²) in [5.74, 6) is -0.166. The summed E-state index contributed by atoms with van der Waals surface area (Å²) in [5, 5.41) is 5.15. The van der Waals surface area contributed by atoms with Gasteiger partial charge in [-0.1, -0.05) is 29.8 Å². The van der Waals surface area contributed by atoms with Crippen LogP contribution in [0.5, 0.6) is 0 Å². The van der Waals surface area contributed by atoms with Gasteiger partial charge in [-0.15, -0.1) is 0 Å². The summed E-state index contributed by atoms with van der Waals surface area (Å²) in [6.07, 6.45) is 1.77. The molecule has 0 spiro atoms. The molecule has 1 fully saturated rings. The average molecular weight is 348 g/mol. The monoisotopic (exact) mass is 348 g/mol. The Kier molecular flexibility index (Phi) is 4.23. The Balaban J connectivity index is 1.92. The van der Waals surface area contributed by atoms with Crippen molar-refractivity contribution < 1.29 is 17.6 Å². The van der Waals surface area contributed by atoms with Gasteiger partial charge < -0.3 is 9.32 Å². The van der Waals surface area contributed by atoms with E-state index in [0.717, 1.165) is 24.0 Å². The summed E-state index contributed by atoms with van der Waals surface area (Å²) in [7, 11) is -3.91. The molecule has 24 heavy (non-hydrogen) atoms. The second-order valence-electron chi connectivity index (χ2n) is 6.15. The highest BCUT2D eigenvalue weighted by Crippen LogP contribution is 2.34. The highest BCUT2D eigenvalue weighted by molar-refractivity contribution is 7.89. The first-order chi connectivity index (χ1) is 11.3. The molecule has 1 amide bonds. The van der Waals surface area contributed by atoms with Gasteiger partial charge in [-0.2, -0.15) is 0 Å².